The lowest BCUT2D eigenvalue weighted by molar-refractivity contribution is 0.112. The number of nitrogens with zero attached hydrogens (tertiary/aromatic N) is 1. The van der Waals surface area contributed by atoms with E-state index < -0.39 is 0 Å². The van der Waals surface area contributed by atoms with Crippen molar-refractivity contribution in [3.05, 3.63) is 50.7 Å². The van der Waals surface area contributed by atoms with Gasteiger partial charge in [-0.15, -0.1) is 11.3 Å². The van der Waals surface area contributed by atoms with Crippen molar-refractivity contribution in [3.8, 4) is 0 Å². The number of anilines is 1. The van der Waals surface area contributed by atoms with Crippen LogP contribution < -0.4 is 4.90 Å². The molecule has 2 rings (SSSR count). The molecule has 0 saturated carbocycles. The quantitative estimate of drug-likeness (QED) is 0.783. The van der Waals surface area contributed by atoms with Crippen LogP contribution in [-0.2, 0) is 6.54 Å². The van der Waals surface area contributed by atoms with E-state index >= 15 is 0 Å². The molecule has 0 fully saturated rings. The fraction of sp³-hybridized carbons (Fsp3) is 0.214. The van der Waals surface area contributed by atoms with E-state index in [0.717, 1.165) is 34.0 Å². The molecule has 18 heavy (non-hydrogen) atoms. The molecule has 0 atom stereocenters. The molecule has 0 aliphatic rings. The summed E-state index contributed by atoms with van der Waals surface area (Å²) in [7, 11) is 2.03. The van der Waals surface area contributed by atoms with Crippen molar-refractivity contribution in [1.29, 1.82) is 0 Å². The van der Waals surface area contributed by atoms with Crippen LogP contribution in [0.15, 0.2) is 30.3 Å². The normalized spacial score (nSPS) is 10.4. The van der Waals surface area contributed by atoms with Gasteiger partial charge in [-0.3, -0.25) is 4.79 Å². The smallest absolute Gasteiger partial charge is 0.150 e. The third kappa shape index (κ3) is 2.92. The van der Waals surface area contributed by atoms with E-state index in [4.69, 9.17) is 11.6 Å². The standard InChI is InChI=1S/C14H14ClNOS/c1-10-7-12(4-3-11(10)9-17)16(2)8-13-5-6-14(15)18-13/h3-7,9H,8H2,1-2H3. The van der Waals surface area contributed by atoms with Gasteiger partial charge < -0.3 is 4.90 Å². The maximum atomic E-state index is 10.8. The van der Waals surface area contributed by atoms with Gasteiger partial charge in [-0.25, -0.2) is 0 Å². The molecule has 94 valence electrons. The van der Waals surface area contributed by atoms with Crippen LogP contribution in [-0.4, -0.2) is 13.3 Å². The second-order valence-electron chi connectivity index (χ2n) is 4.22. The van der Waals surface area contributed by atoms with Crippen molar-refractivity contribution in [2.75, 3.05) is 11.9 Å². The zero-order valence-corrected chi connectivity index (χ0v) is 11.9. The summed E-state index contributed by atoms with van der Waals surface area (Å²) in [5.41, 5.74) is 2.84. The second kappa shape index (κ2) is 5.55. The predicted octanol–water partition coefficient (Wildman–Crippen LogP) is 4.16. The molecule has 4 heteroatoms. The van der Waals surface area contributed by atoms with Gasteiger partial charge in [-0.05, 0) is 42.8 Å². The van der Waals surface area contributed by atoms with Gasteiger partial charge in [-0.2, -0.15) is 0 Å². The molecular weight excluding hydrogens is 266 g/mol. The van der Waals surface area contributed by atoms with Gasteiger partial charge in [0.05, 0.1) is 10.9 Å². The summed E-state index contributed by atoms with van der Waals surface area (Å²) in [4.78, 5) is 14.1. The maximum Gasteiger partial charge on any atom is 0.150 e. The van der Waals surface area contributed by atoms with E-state index in [2.05, 4.69) is 4.90 Å². The fourth-order valence-corrected chi connectivity index (χ4v) is 2.93. The Morgan fingerprint density at radius 3 is 2.67 bits per heavy atom. The molecule has 1 aromatic carbocycles. The first-order valence-corrected chi connectivity index (χ1v) is 6.81. The Bertz CT molecular complexity index is 565. The Morgan fingerprint density at radius 2 is 2.11 bits per heavy atom. The summed E-state index contributed by atoms with van der Waals surface area (Å²) in [5, 5.41) is 0. The lowest BCUT2D eigenvalue weighted by Gasteiger charge is -2.19. The van der Waals surface area contributed by atoms with Crippen molar-refractivity contribution in [3.63, 3.8) is 0 Å². The SMILES string of the molecule is Cc1cc(N(C)Cc2ccc(Cl)s2)ccc1C=O. The Balaban J connectivity index is 2.16. The highest BCUT2D eigenvalue weighted by atomic mass is 35.5. The number of hydrogen-bond donors (Lipinski definition) is 0. The van der Waals surface area contributed by atoms with Gasteiger partial charge in [0, 0.05) is 23.2 Å². The summed E-state index contributed by atoms with van der Waals surface area (Å²) in [6.07, 6.45) is 0.887. The molecule has 0 saturated heterocycles. The molecule has 0 unspecified atom stereocenters. The lowest BCUT2D eigenvalue weighted by Crippen LogP contribution is -2.15. The third-order valence-corrected chi connectivity index (χ3v) is 4.06. The van der Waals surface area contributed by atoms with Gasteiger partial charge in [0.25, 0.3) is 0 Å². The number of carbonyl (C=O) groups is 1. The van der Waals surface area contributed by atoms with E-state index in [1.807, 2.05) is 44.3 Å². The minimum Gasteiger partial charge on any atom is -0.369 e. The topological polar surface area (TPSA) is 20.3 Å². The number of rotatable bonds is 4. The van der Waals surface area contributed by atoms with Crippen LogP contribution in [0.3, 0.4) is 0 Å². The van der Waals surface area contributed by atoms with Crippen LogP contribution in [0, 0.1) is 6.92 Å². The molecule has 0 amide bonds. The van der Waals surface area contributed by atoms with Gasteiger partial charge in [0.2, 0.25) is 0 Å². The highest BCUT2D eigenvalue weighted by molar-refractivity contribution is 7.16. The summed E-state index contributed by atoms with van der Waals surface area (Å²) in [6, 6.07) is 9.80. The summed E-state index contributed by atoms with van der Waals surface area (Å²) >= 11 is 7.51. The van der Waals surface area contributed by atoms with Crippen molar-refractivity contribution >= 4 is 34.9 Å². The molecular formula is C14H14ClNOS. The number of thiophene rings is 1. The van der Waals surface area contributed by atoms with E-state index in [1.165, 1.54) is 4.88 Å². The third-order valence-electron chi connectivity index (χ3n) is 2.84. The van der Waals surface area contributed by atoms with Gasteiger partial charge in [0.1, 0.15) is 6.29 Å². The molecule has 1 aromatic heterocycles. The number of hydrogen-bond acceptors (Lipinski definition) is 3. The number of aldehydes is 1. The average Bonchev–Trinajstić information content (AvgIpc) is 2.74. The molecule has 0 aliphatic heterocycles. The van der Waals surface area contributed by atoms with E-state index in [0.29, 0.717) is 0 Å². The molecule has 0 radical (unpaired) electrons. The first kappa shape index (κ1) is 13.1. The number of aryl methyl sites for hydroxylation is 1. The maximum absolute atomic E-state index is 10.8. The van der Waals surface area contributed by atoms with Crippen molar-refractivity contribution in [2.45, 2.75) is 13.5 Å². The van der Waals surface area contributed by atoms with Crippen LogP contribution >= 0.6 is 22.9 Å². The van der Waals surface area contributed by atoms with Crippen LogP contribution in [0.25, 0.3) is 0 Å². The molecule has 1 heterocycles. The van der Waals surface area contributed by atoms with Crippen LogP contribution in [0.4, 0.5) is 5.69 Å². The highest BCUT2D eigenvalue weighted by Crippen LogP contribution is 2.25. The van der Waals surface area contributed by atoms with E-state index in [1.54, 1.807) is 11.3 Å². The Kier molecular flexibility index (Phi) is 4.04. The predicted molar refractivity (Wildman–Crippen MR) is 78.0 cm³/mol. The number of benzene rings is 1. The molecule has 0 bridgehead atoms. The largest absolute Gasteiger partial charge is 0.369 e. The van der Waals surface area contributed by atoms with E-state index in [-0.39, 0.29) is 0 Å². The number of carbonyl (C=O) groups excluding carboxylic acids is 1. The minimum absolute atomic E-state index is 0.742. The van der Waals surface area contributed by atoms with Crippen LogP contribution in [0.1, 0.15) is 20.8 Å². The first-order valence-electron chi connectivity index (χ1n) is 5.61. The summed E-state index contributed by atoms with van der Waals surface area (Å²) < 4.78 is 0.811. The van der Waals surface area contributed by atoms with Gasteiger partial charge in [0.15, 0.2) is 0 Å². The van der Waals surface area contributed by atoms with Crippen molar-refractivity contribution < 1.29 is 4.79 Å². The summed E-state index contributed by atoms with van der Waals surface area (Å²) in [6.45, 7) is 2.76. The summed E-state index contributed by atoms with van der Waals surface area (Å²) in [5.74, 6) is 0. The zero-order chi connectivity index (χ0) is 13.1. The highest BCUT2D eigenvalue weighted by Gasteiger charge is 2.06. The van der Waals surface area contributed by atoms with Gasteiger partial charge >= 0.3 is 0 Å². The Hall–Kier alpha value is -1.32. The van der Waals surface area contributed by atoms with Crippen LogP contribution in [0.5, 0.6) is 0 Å². The fourth-order valence-electron chi connectivity index (χ4n) is 1.79. The van der Waals surface area contributed by atoms with Crippen LogP contribution in [0.2, 0.25) is 4.34 Å². The van der Waals surface area contributed by atoms with Crippen molar-refractivity contribution in [2.24, 2.45) is 0 Å². The molecule has 0 spiro atoms. The second-order valence-corrected chi connectivity index (χ2v) is 6.02. The minimum atomic E-state index is 0.742. The Labute approximate surface area is 116 Å². The molecule has 0 N–H and O–H groups in total. The molecule has 0 aliphatic carbocycles. The number of halogens is 1. The monoisotopic (exact) mass is 279 g/mol. The first-order chi connectivity index (χ1) is 8.60. The molecule has 2 aromatic rings. The zero-order valence-electron chi connectivity index (χ0n) is 10.3. The van der Waals surface area contributed by atoms with Crippen molar-refractivity contribution in [1.82, 2.24) is 0 Å². The molecule has 2 nitrogen and oxygen atoms in total. The lowest BCUT2D eigenvalue weighted by atomic mass is 10.1. The van der Waals surface area contributed by atoms with Gasteiger partial charge in [-0.1, -0.05) is 11.6 Å². The van der Waals surface area contributed by atoms with E-state index in [9.17, 15) is 4.79 Å². The Morgan fingerprint density at radius 1 is 1.33 bits per heavy atom. The average molecular weight is 280 g/mol.